The van der Waals surface area contributed by atoms with Crippen molar-refractivity contribution < 1.29 is 9.59 Å². The third-order valence-corrected chi connectivity index (χ3v) is 4.72. The smallest absolute Gasteiger partial charge is 0.251 e. The Labute approximate surface area is 143 Å². The van der Waals surface area contributed by atoms with Crippen LogP contribution in [0.3, 0.4) is 0 Å². The van der Waals surface area contributed by atoms with Crippen molar-refractivity contribution >= 4 is 17.5 Å². The summed E-state index contributed by atoms with van der Waals surface area (Å²) in [5, 5.41) is 5.63. The largest absolute Gasteiger partial charge is 0.349 e. The first-order valence-corrected chi connectivity index (χ1v) is 8.58. The van der Waals surface area contributed by atoms with E-state index in [4.69, 9.17) is 5.73 Å². The maximum Gasteiger partial charge on any atom is 0.251 e. The molecule has 1 aliphatic rings. The molecule has 2 rings (SSSR count). The van der Waals surface area contributed by atoms with Crippen LogP contribution in [0.4, 0.5) is 5.69 Å². The molecule has 5 heteroatoms. The topological polar surface area (TPSA) is 84.2 Å². The second-order valence-electron chi connectivity index (χ2n) is 6.57. The lowest BCUT2D eigenvalue weighted by Gasteiger charge is -2.35. The molecule has 0 aliphatic heterocycles. The maximum atomic E-state index is 12.3. The van der Waals surface area contributed by atoms with Gasteiger partial charge in [-0.2, -0.15) is 0 Å². The molecular weight excluding hydrogens is 302 g/mol. The van der Waals surface area contributed by atoms with E-state index in [0.29, 0.717) is 30.8 Å². The van der Waals surface area contributed by atoms with Gasteiger partial charge in [0.25, 0.3) is 5.91 Å². The van der Waals surface area contributed by atoms with E-state index in [2.05, 4.69) is 17.2 Å². The molecule has 130 valence electrons. The van der Waals surface area contributed by atoms with Gasteiger partial charge >= 0.3 is 0 Å². The summed E-state index contributed by atoms with van der Waals surface area (Å²) in [6.07, 6.45) is 7.69. The van der Waals surface area contributed by atoms with Crippen LogP contribution in [0, 0.1) is 5.41 Å². The number of carbonyl (C=O) groups excluding carboxylic acids is 2. The van der Waals surface area contributed by atoms with Gasteiger partial charge in [-0.05, 0) is 49.1 Å². The Morgan fingerprint density at radius 2 is 1.83 bits per heavy atom. The molecule has 0 bridgehead atoms. The monoisotopic (exact) mass is 329 g/mol. The summed E-state index contributed by atoms with van der Waals surface area (Å²) in [6.45, 7) is 4.55. The Bertz CT molecular complexity index is 575. The first kappa shape index (κ1) is 18.2. The van der Waals surface area contributed by atoms with E-state index in [-0.39, 0.29) is 17.2 Å². The van der Waals surface area contributed by atoms with Crippen molar-refractivity contribution in [1.29, 1.82) is 0 Å². The van der Waals surface area contributed by atoms with Crippen molar-refractivity contribution in [3.8, 4) is 0 Å². The van der Waals surface area contributed by atoms with Crippen LogP contribution in [-0.2, 0) is 4.79 Å². The van der Waals surface area contributed by atoms with Crippen LogP contribution in [0.1, 0.15) is 48.9 Å². The SMILES string of the molecule is C=CCNC(=O)c1ccc(NC(=O)CC2(CN)CCCCC2)cc1. The van der Waals surface area contributed by atoms with E-state index in [1.165, 1.54) is 6.42 Å². The summed E-state index contributed by atoms with van der Waals surface area (Å²) in [6, 6.07) is 6.90. The fourth-order valence-electron chi connectivity index (χ4n) is 3.27. The number of nitrogens with one attached hydrogen (secondary N) is 2. The van der Waals surface area contributed by atoms with E-state index in [1.807, 2.05) is 0 Å². The first-order chi connectivity index (χ1) is 11.6. The number of amides is 2. The highest BCUT2D eigenvalue weighted by molar-refractivity contribution is 5.96. The Kier molecular flexibility index (Phi) is 6.55. The number of rotatable bonds is 7. The van der Waals surface area contributed by atoms with Crippen LogP contribution >= 0.6 is 0 Å². The number of benzene rings is 1. The Morgan fingerprint density at radius 3 is 2.42 bits per heavy atom. The van der Waals surface area contributed by atoms with Crippen LogP contribution in [0.5, 0.6) is 0 Å². The Balaban J connectivity index is 1.91. The van der Waals surface area contributed by atoms with E-state index in [9.17, 15) is 9.59 Å². The third-order valence-electron chi connectivity index (χ3n) is 4.72. The molecule has 0 heterocycles. The lowest BCUT2D eigenvalue weighted by atomic mass is 9.71. The Morgan fingerprint density at radius 1 is 1.17 bits per heavy atom. The van der Waals surface area contributed by atoms with E-state index < -0.39 is 0 Å². The van der Waals surface area contributed by atoms with Crippen LogP contribution in [0.25, 0.3) is 0 Å². The quantitative estimate of drug-likeness (QED) is 0.673. The van der Waals surface area contributed by atoms with Crippen molar-refractivity contribution in [1.82, 2.24) is 5.32 Å². The molecule has 1 aromatic rings. The van der Waals surface area contributed by atoms with Gasteiger partial charge in [-0.1, -0.05) is 25.3 Å². The van der Waals surface area contributed by atoms with Crippen molar-refractivity contribution in [3.63, 3.8) is 0 Å². The number of anilines is 1. The van der Waals surface area contributed by atoms with Crippen molar-refractivity contribution in [2.75, 3.05) is 18.4 Å². The summed E-state index contributed by atoms with van der Waals surface area (Å²) >= 11 is 0. The van der Waals surface area contributed by atoms with E-state index in [1.54, 1.807) is 30.3 Å². The minimum absolute atomic E-state index is 0.00814. The molecule has 1 fully saturated rings. The molecule has 5 nitrogen and oxygen atoms in total. The van der Waals surface area contributed by atoms with Gasteiger partial charge in [-0.3, -0.25) is 9.59 Å². The minimum atomic E-state index is -0.155. The third kappa shape index (κ3) is 4.93. The zero-order valence-corrected chi connectivity index (χ0v) is 14.1. The number of hydrogen-bond acceptors (Lipinski definition) is 3. The fraction of sp³-hybridized carbons (Fsp3) is 0.474. The summed E-state index contributed by atoms with van der Waals surface area (Å²) in [4.78, 5) is 24.2. The molecule has 0 saturated heterocycles. The van der Waals surface area contributed by atoms with Gasteiger partial charge in [0, 0.05) is 24.2 Å². The van der Waals surface area contributed by atoms with Crippen molar-refractivity contribution in [2.45, 2.75) is 38.5 Å². The number of nitrogens with two attached hydrogens (primary N) is 1. The molecular formula is C19H27N3O2. The lowest BCUT2D eigenvalue weighted by Crippen LogP contribution is -2.36. The minimum Gasteiger partial charge on any atom is -0.349 e. The molecule has 0 atom stereocenters. The van der Waals surface area contributed by atoms with Gasteiger partial charge in [-0.15, -0.1) is 6.58 Å². The van der Waals surface area contributed by atoms with Crippen LogP contribution in [0.2, 0.25) is 0 Å². The molecule has 1 saturated carbocycles. The summed E-state index contributed by atoms with van der Waals surface area (Å²) in [7, 11) is 0. The predicted octanol–water partition coefficient (Wildman–Crippen LogP) is 2.84. The Hall–Kier alpha value is -2.14. The highest BCUT2D eigenvalue weighted by Gasteiger charge is 2.32. The zero-order valence-electron chi connectivity index (χ0n) is 14.1. The summed E-state index contributed by atoms with van der Waals surface area (Å²) < 4.78 is 0. The molecule has 1 aromatic carbocycles. The van der Waals surface area contributed by atoms with Crippen LogP contribution in [0.15, 0.2) is 36.9 Å². The normalized spacial score (nSPS) is 16.2. The van der Waals surface area contributed by atoms with Gasteiger partial charge in [0.2, 0.25) is 5.91 Å². The fourth-order valence-corrected chi connectivity index (χ4v) is 3.27. The van der Waals surface area contributed by atoms with Gasteiger partial charge in [-0.25, -0.2) is 0 Å². The van der Waals surface area contributed by atoms with Crippen molar-refractivity contribution in [3.05, 3.63) is 42.5 Å². The highest BCUT2D eigenvalue weighted by Crippen LogP contribution is 2.38. The zero-order chi connectivity index (χ0) is 17.4. The average molecular weight is 329 g/mol. The van der Waals surface area contributed by atoms with Gasteiger partial charge in [0.1, 0.15) is 0 Å². The second-order valence-corrected chi connectivity index (χ2v) is 6.57. The van der Waals surface area contributed by atoms with Crippen LogP contribution < -0.4 is 16.4 Å². The first-order valence-electron chi connectivity index (χ1n) is 8.58. The average Bonchev–Trinajstić information content (AvgIpc) is 2.61. The molecule has 2 amide bonds. The molecule has 0 aromatic heterocycles. The van der Waals surface area contributed by atoms with Gasteiger partial charge in [0.05, 0.1) is 0 Å². The molecule has 0 spiro atoms. The molecule has 0 unspecified atom stereocenters. The summed E-state index contributed by atoms with van der Waals surface area (Å²) in [5.74, 6) is -0.164. The van der Waals surface area contributed by atoms with Crippen molar-refractivity contribution in [2.24, 2.45) is 11.1 Å². The van der Waals surface area contributed by atoms with Gasteiger partial charge in [0.15, 0.2) is 0 Å². The number of carbonyl (C=O) groups is 2. The second kappa shape index (κ2) is 8.64. The number of hydrogen-bond donors (Lipinski definition) is 3. The van der Waals surface area contributed by atoms with E-state index in [0.717, 1.165) is 25.7 Å². The molecule has 4 N–H and O–H groups in total. The van der Waals surface area contributed by atoms with Gasteiger partial charge < -0.3 is 16.4 Å². The van der Waals surface area contributed by atoms with E-state index >= 15 is 0 Å². The standard InChI is InChI=1S/C19H27N3O2/c1-2-12-21-18(24)15-6-8-16(9-7-15)22-17(23)13-19(14-20)10-4-3-5-11-19/h2,6-9H,1,3-5,10-14,20H2,(H,21,24)(H,22,23). The lowest BCUT2D eigenvalue weighted by molar-refractivity contribution is -0.118. The maximum absolute atomic E-state index is 12.3. The highest BCUT2D eigenvalue weighted by atomic mass is 16.2. The summed E-state index contributed by atoms with van der Waals surface area (Å²) in [5.41, 5.74) is 7.15. The molecule has 0 radical (unpaired) electrons. The predicted molar refractivity (Wildman–Crippen MR) is 96.8 cm³/mol. The molecule has 1 aliphatic carbocycles. The molecule has 24 heavy (non-hydrogen) atoms. The van der Waals surface area contributed by atoms with Crippen LogP contribution in [-0.4, -0.2) is 24.9 Å².